The monoisotopic (exact) mass is 260 g/mol. The summed E-state index contributed by atoms with van der Waals surface area (Å²) < 4.78 is 5.20. The number of benzene rings is 1. The molecule has 2 heterocycles. The molecule has 1 aromatic rings. The Morgan fingerprint density at radius 2 is 2.06 bits per heavy atom. The van der Waals surface area contributed by atoms with Crippen molar-refractivity contribution in [3.05, 3.63) is 35.2 Å². The molecule has 1 aromatic carbocycles. The van der Waals surface area contributed by atoms with Crippen LogP contribution in [0.25, 0.3) is 5.70 Å². The maximum Gasteiger partial charge on any atom is 0.168 e. The number of fused-ring (bicyclic) bond motifs is 1. The molecule has 3 rings (SSSR count). The quantitative estimate of drug-likeness (QED) is 0.816. The number of ether oxygens (including phenoxy) is 1. The van der Waals surface area contributed by atoms with Gasteiger partial charge in [-0.1, -0.05) is 11.8 Å². The van der Waals surface area contributed by atoms with Crippen LogP contribution in [-0.4, -0.2) is 30.3 Å². The molecule has 0 unspecified atom stereocenters. The summed E-state index contributed by atoms with van der Waals surface area (Å²) in [5.74, 6) is 0.898. The van der Waals surface area contributed by atoms with Crippen LogP contribution in [0.3, 0.4) is 0 Å². The molecule has 94 valence electrons. The van der Waals surface area contributed by atoms with E-state index < -0.39 is 0 Å². The molecule has 0 bridgehead atoms. The molecular weight excluding hydrogens is 244 g/mol. The van der Waals surface area contributed by atoms with Crippen LogP contribution < -0.4 is 4.74 Å². The normalized spacial score (nSPS) is 18.8. The first-order valence-electron chi connectivity index (χ1n) is 6.22. The highest BCUT2D eigenvalue weighted by Crippen LogP contribution is 2.35. The van der Waals surface area contributed by atoms with Crippen LogP contribution >= 0.6 is 11.8 Å². The van der Waals surface area contributed by atoms with Crippen molar-refractivity contribution in [3.63, 3.8) is 0 Å². The molecule has 2 aliphatic heterocycles. The Kier molecular flexibility index (Phi) is 3.28. The van der Waals surface area contributed by atoms with Crippen molar-refractivity contribution < 1.29 is 4.74 Å². The molecule has 0 aliphatic carbocycles. The van der Waals surface area contributed by atoms with E-state index in [2.05, 4.69) is 27.4 Å². The molecular formula is C14H16N2OS. The zero-order valence-electron chi connectivity index (χ0n) is 10.4. The lowest BCUT2D eigenvalue weighted by Crippen LogP contribution is -2.23. The van der Waals surface area contributed by atoms with Gasteiger partial charge in [0.25, 0.3) is 0 Å². The molecule has 0 N–H and O–H groups in total. The third kappa shape index (κ3) is 2.12. The SMILES string of the molecule is COc1ccc(C2=CSC3=NCCCCN23)cc1. The summed E-state index contributed by atoms with van der Waals surface area (Å²) in [6, 6.07) is 8.24. The van der Waals surface area contributed by atoms with Crippen molar-refractivity contribution in [2.45, 2.75) is 12.8 Å². The van der Waals surface area contributed by atoms with Crippen LogP contribution in [0.2, 0.25) is 0 Å². The van der Waals surface area contributed by atoms with Crippen molar-refractivity contribution in [1.82, 2.24) is 4.90 Å². The number of hydrogen-bond donors (Lipinski definition) is 0. The van der Waals surface area contributed by atoms with Crippen LogP contribution in [0.1, 0.15) is 18.4 Å². The Morgan fingerprint density at radius 1 is 1.22 bits per heavy atom. The molecule has 0 amide bonds. The highest BCUT2D eigenvalue weighted by molar-refractivity contribution is 8.16. The number of aliphatic imine (C=N–C) groups is 1. The van der Waals surface area contributed by atoms with Crippen LogP contribution in [0.5, 0.6) is 5.75 Å². The molecule has 4 heteroatoms. The fourth-order valence-electron chi connectivity index (χ4n) is 2.22. The first-order valence-corrected chi connectivity index (χ1v) is 7.10. The summed E-state index contributed by atoms with van der Waals surface area (Å²) in [5.41, 5.74) is 2.50. The first-order chi connectivity index (χ1) is 8.88. The Labute approximate surface area is 112 Å². The predicted octanol–water partition coefficient (Wildman–Crippen LogP) is 3.19. The number of rotatable bonds is 2. The van der Waals surface area contributed by atoms with Gasteiger partial charge in [-0.2, -0.15) is 0 Å². The van der Waals surface area contributed by atoms with Gasteiger partial charge in [-0.05, 0) is 42.7 Å². The van der Waals surface area contributed by atoms with Gasteiger partial charge in [-0.3, -0.25) is 4.99 Å². The van der Waals surface area contributed by atoms with E-state index in [0.717, 1.165) is 24.0 Å². The van der Waals surface area contributed by atoms with Crippen LogP contribution in [-0.2, 0) is 0 Å². The van der Waals surface area contributed by atoms with Gasteiger partial charge in [-0.25, -0.2) is 0 Å². The fraction of sp³-hybridized carbons (Fsp3) is 0.357. The van der Waals surface area contributed by atoms with E-state index in [9.17, 15) is 0 Å². The summed E-state index contributed by atoms with van der Waals surface area (Å²) in [6.45, 7) is 2.03. The lowest BCUT2D eigenvalue weighted by atomic mass is 10.1. The molecule has 3 nitrogen and oxygen atoms in total. The van der Waals surface area contributed by atoms with Crippen molar-refractivity contribution >= 4 is 22.6 Å². The Morgan fingerprint density at radius 3 is 2.83 bits per heavy atom. The second-order valence-corrected chi connectivity index (χ2v) is 5.21. The minimum atomic E-state index is 0.898. The molecule has 0 radical (unpaired) electrons. The van der Waals surface area contributed by atoms with E-state index >= 15 is 0 Å². The lowest BCUT2D eigenvalue weighted by Gasteiger charge is -2.20. The largest absolute Gasteiger partial charge is 0.497 e. The number of thioether (sulfide) groups is 1. The molecule has 0 saturated carbocycles. The van der Waals surface area contributed by atoms with Gasteiger partial charge < -0.3 is 9.64 Å². The van der Waals surface area contributed by atoms with E-state index in [0.29, 0.717) is 0 Å². The minimum absolute atomic E-state index is 0.898. The number of amidine groups is 1. The fourth-order valence-corrected chi connectivity index (χ4v) is 3.18. The standard InChI is InChI=1S/C14H16N2OS/c1-17-12-6-4-11(5-7-12)13-10-18-14-15-8-2-3-9-16(13)14/h4-7,10H,2-3,8-9H2,1H3. The zero-order chi connectivity index (χ0) is 12.4. The van der Waals surface area contributed by atoms with Crippen molar-refractivity contribution in [3.8, 4) is 5.75 Å². The van der Waals surface area contributed by atoms with Crippen LogP contribution in [0.4, 0.5) is 0 Å². The van der Waals surface area contributed by atoms with E-state index in [1.165, 1.54) is 24.1 Å². The highest BCUT2D eigenvalue weighted by Gasteiger charge is 2.24. The van der Waals surface area contributed by atoms with Crippen LogP contribution in [0, 0.1) is 0 Å². The van der Waals surface area contributed by atoms with Crippen molar-refractivity contribution in [1.29, 1.82) is 0 Å². The Balaban J connectivity index is 1.87. The smallest absolute Gasteiger partial charge is 0.168 e. The molecule has 0 fully saturated rings. The van der Waals surface area contributed by atoms with Crippen LogP contribution in [0.15, 0.2) is 34.7 Å². The number of methoxy groups -OCH3 is 1. The highest BCUT2D eigenvalue weighted by atomic mass is 32.2. The zero-order valence-corrected chi connectivity index (χ0v) is 11.2. The minimum Gasteiger partial charge on any atom is -0.497 e. The molecule has 18 heavy (non-hydrogen) atoms. The molecule has 0 spiro atoms. The number of hydrogen-bond acceptors (Lipinski definition) is 4. The van der Waals surface area contributed by atoms with E-state index in [1.54, 1.807) is 18.9 Å². The first kappa shape index (κ1) is 11.7. The summed E-state index contributed by atoms with van der Waals surface area (Å²) >= 11 is 1.74. The Hall–Kier alpha value is -1.42. The summed E-state index contributed by atoms with van der Waals surface area (Å²) in [6.07, 6.45) is 2.40. The van der Waals surface area contributed by atoms with Crippen molar-refractivity contribution in [2.24, 2.45) is 4.99 Å². The molecule has 0 atom stereocenters. The molecule has 0 aromatic heterocycles. The average molecular weight is 260 g/mol. The topological polar surface area (TPSA) is 24.8 Å². The van der Waals surface area contributed by atoms with Gasteiger partial charge in [0.2, 0.25) is 0 Å². The molecule has 0 saturated heterocycles. The lowest BCUT2D eigenvalue weighted by molar-refractivity contribution is 0.414. The van der Waals surface area contributed by atoms with Gasteiger partial charge >= 0.3 is 0 Å². The van der Waals surface area contributed by atoms with E-state index in [-0.39, 0.29) is 0 Å². The van der Waals surface area contributed by atoms with E-state index in [4.69, 9.17) is 4.74 Å². The molecule has 2 aliphatic rings. The van der Waals surface area contributed by atoms with Gasteiger partial charge in [0.05, 0.1) is 12.8 Å². The summed E-state index contributed by atoms with van der Waals surface area (Å²) in [4.78, 5) is 6.96. The summed E-state index contributed by atoms with van der Waals surface area (Å²) in [5, 5.41) is 3.35. The second-order valence-electron chi connectivity index (χ2n) is 4.37. The Bertz CT molecular complexity index is 493. The second kappa shape index (κ2) is 5.06. The van der Waals surface area contributed by atoms with Gasteiger partial charge in [0.1, 0.15) is 5.75 Å². The predicted molar refractivity (Wildman–Crippen MR) is 76.8 cm³/mol. The third-order valence-electron chi connectivity index (χ3n) is 3.22. The number of nitrogens with zero attached hydrogens (tertiary/aromatic N) is 2. The van der Waals surface area contributed by atoms with Gasteiger partial charge in [-0.15, -0.1) is 0 Å². The maximum absolute atomic E-state index is 5.20. The van der Waals surface area contributed by atoms with Gasteiger partial charge in [0, 0.05) is 18.5 Å². The summed E-state index contributed by atoms with van der Waals surface area (Å²) in [7, 11) is 1.69. The van der Waals surface area contributed by atoms with E-state index in [1.807, 2.05) is 12.1 Å². The van der Waals surface area contributed by atoms with Crippen molar-refractivity contribution in [2.75, 3.05) is 20.2 Å². The third-order valence-corrected chi connectivity index (χ3v) is 4.12. The average Bonchev–Trinajstić information content (AvgIpc) is 2.68. The van der Waals surface area contributed by atoms with Gasteiger partial charge in [0.15, 0.2) is 5.17 Å². The maximum atomic E-state index is 5.20.